The van der Waals surface area contributed by atoms with E-state index < -0.39 is 12.0 Å². The number of nitrogens with two attached hydrogens (primary N) is 1. The first-order valence-corrected chi connectivity index (χ1v) is 5.75. The van der Waals surface area contributed by atoms with Gasteiger partial charge in [0.2, 0.25) is 0 Å². The van der Waals surface area contributed by atoms with Crippen LogP contribution < -0.4 is 5.73 Å². The van der Waals surface area contributed by atoms with E-state index in [0.717, 1.165) is 9.13 Å². The van der Waals surface area contributed by atoms with Crippen molar-refractivity contribution in [3.63, 3.8) is 0 Å². The molecular weight excluding hydrogens is 319 g/mol. The van der Waals surface area contributed by atoms with Crippen molar-refractivity contribution in [3.05, 3.63) is 33.4 Å². The van der Waals surface area contributed by atoms with Crippen LogP contribution in [0.5, 0.6) is 0 Å². The van der Waals surface area contributed by atoms with Crippen LogP contribution >= 0.6 is 22.6 Å². The van der Waals surface area contributed by atoms with Crippen molar-refractivity contribution in [2.24, 2.45) is 5.73 Å². The zero-order chi connectivity index (χ0) is 12.0. The van der Waals surface area contributed by atoms with Crippen LogP contribution in [0.1, 0.15) is 5.56 Å². The summed E-state index contributed by atoms with van der Waals surface area (Å²) in [4.78, 5) is 11.3. The maximum absolute atomic E-state index is 11.3. The number of hydrogen-bond acceptors (Lipinski definition) is 4. The van der Waals surface area contributed by atoms with Gasteiger partial charge in [-0.3, -0.25) is 4.79 Å². The average molecular weight is 330 g/mol. The molecule has 0 aliphatic heterocycles. The van der Waals surface area contributed by atoms with Crippen LogP contribution in [0.25, 0.3) is 0 Å². The Kier molecular flexibility index (Phi) is 5.22. The number of carbonyl (C=O) groups is 1. The second kappa shape index (κ2) is 6.45. The lowest BCUT2D eigenvalue weighted by atomic mass is 10.1. The number of nitrogens with zero attached hydrogens (tertiary/aromatic N) is 1. The van der Waals surface area contributed by atoms with Crippen molar-refractivity contribution in [3.8, 4) is 6.07 Å². The first-order chi connectivity index (χ1) is 7.63. The van der Waals surface area contributed by atoms with E-state index in [4.69, 9.17) is 11.0 Å². The number of ether oxygens (including phenoxy) is 1. The van der Waals surface area contributed by atoms with E-state index in [1.807, 2.05) is 24.3 Å². The molecule has 1 aromatic carbocycles. The van der Waals surface area contributed by atoms with Gasteiger partial charge in [-0.15, -0.1) is 0 Å². The highest BCUT2D eigenvalue weighted by Crippen LogP contribution is 2.08. The van der Waals surface area contributed by atoms with E-state index in [1.165, 1.54) is 0 Å². The number of hydrogen-bond donors (Lipinski definition) is 1. The Hall–Kier alpha value is -1.13. The second-order valence-corrected chi connectivity index (χ2v) is 4.45. The molecule has 0 aromatic heterocycles. The summed E-state index contributed by atoms with van der Waals surface area (Å²) in [6, 6.07) is 8.74. The van der Waals surface area contributed by atoms with E-state index >= 15 is 0 Å². The summed E-state index contributed by atoms with van der Waals surface area (Å²) >= 11 is 2.20. The summed E-state index contributed by atoms with van der Waals surface area (Å²) in [5, 5.41) is 8.25. The summed E-state index contributed by atoms with van der Waals surface area (Å²) in [6.07, 6.45) is 0.418. The van der Waals surface area contributed by atoms with E-state index in [0.29, 0.717) is 6.42 Å². The molecule has 0 fully saturated rings. The first-order valence-electron chi connectivity index (χ1n) is 4.67. The molecule has 0 amide bonds. The molecule has 2 N–H and O–H groups in total. The molecule has 1 aromatic rings. The number of nitriles is 1. The van der Waals surface area contributed by atoms with Gasteiger partial charge in [-0.25, -0.2) is 0 Å². The fourth-order valence-electron chi connectivity index (χ4n) is 1.17. The molecule has 0 aliphatic rings. The second-order valence-electron chi connectivity index (χ2n) is 3.20. The summed E-state index contributed by atoms with van der Waals surface area (Å²) < 4.78 is 5.75. The van der Waals surface area contributed by atoms with Crippen LogP contribution in [0, 0.1) is 14.9 Å². The molecule has 0 spiro atoms. The van der Waals surface area contributed by atoms with Crippen molar-refractivity contribution >= 4 is 28.6 Å². The van der Waals surface area contributed by atoms with Gasteiger partial charge in [-0.2, -0.15) is 5.26 Å². The molecule has 1 atom stereocenters. The Morgan fingerprint density at radius 2 is 2.12 bits per heavy atom. The van der Waals surface area contributed by atoms with Crippen LogP contribution in [0.3, 0.4) is 0 Å². The summed E-state index contributed by atoms with van der Waals surface area (Å²) in [5.41, 5.74) is 6.62. The van der Waals surface area contributed by atoms with Crippen molar-refractivity contribution in [2.75, 3.05) is 6.61 Å². The molecule has 0 aliphatic carbocycles. The number of carbonyl (C=O) groups excluding carboxylic acids is 1. The fourth-order valence-corrected chi connectivity index (χ4v) is 1.53. The Morgan fingerprint density at radius 3 is 2.69 bits per heavy atom. The molecular formula is C11H11IN2O2. The lowest BCUT2D eigenvalue weighted by Crippen LogP contribution is -2.34. The maximum Gasteiger partial charge on any atom is 0.324 e. The Bertz CT molecular complexity index is 397. The van der Waals surface area contributed by atoms with E-state index in [1.54, 1.807) is 6.07 Å². The highest BCUT2D eigenvalue weighted by Gasteiger charge is 2.15. The van der Waals surface area contributed by atoms with Crippen molar-refractivity contribution in [1.82, 2.24) is 0 Å². The number of benzene rings is 1. The third-order valence-corrected chi connectivity index (χ3v) is 2.67. The number of rotatable bonds is 4. The fraction of sp³-hybridized carbons (Fsp3) is 0.273. The lowest BCUT2D eigenvalue weighted by Gasteiger charge is -2.09. The van der Waals surface area contributed by atoms with Gasteiger partial charge in [-0.1, -0.05) is 12.1 Å². The molecule has 0 saturated heterocycles. The van der Waals surface area contributed by atoms with Crippen LogP contribution in [0.15, 0.2) is 24.3 Å². The Morgan fingerprint density at radius 1 is 1.50 bits per heavy atom. The minimum Gasteiger partial charge on any atom is -0.449 e. The third kappa shape index (κ3) is 4.16. The van der Waals surface area contributed by atoms with Gasteiger partial charge in [0.25, 0.3) is 0 Å². The molecule has 0 saturated carbocycles. The monoisotopic (exact) mass is 330 g/mol. The van der Waals surface area contributed by atoms with Gasteiger partial charge >= 0.3 is 5.97 Å². The van der Waals surface area contributed by atoms with Gasteiger partial charge in [-0.05, 0) is 46.7 Å². The molecule has 0 radical (unpaired) electrons. The van der Waals surface area contributed by atoms with Gasteiger partial charge in [0.15, 0.2) is 6.61 Å². The van der Waals surface area contributed by atoms with E-state index in [-0.39, 0.29) is 6.61 Å². The zero-order valence-corrected chi connectivity index (χ0v) is 10.7. The highest BCUT2D eigenvalue weighted by molar-refractivity contribution is 14.1. The summed E-state index contributed by atoms with van der Waals surface area (Å²) in [5.74, 6) is -0.542. The van der Waals surface area contributed by atoms with Crippen molar-refractivity contribution in [2.45, 2.75) is 12.5 Å². The van der Waals surface area contributed by atoms with Gasteiger partial charge in [0.05, 0.1) is 0 Å². The molecule has 4 nitrogen and oxygen atoms in total. The zero-order valence-electron chi connectivity index (χ0n) is 8.52. The van der Waals surface area contributed by atoms with Gasteiger partial charge in [0.1, 0.15) is 12.1 Å². The predicted octanol–water partition coefficient (Wildman–Crippen LogP) is 1.23. The smallest absolute Gasteiger partial charge is 0.324 e. The third-order valence-electron chi connectivity index (χ3n) is 1.95. The molecule has 5 heteroatoms. The maximum atomic E-state index is 11.3. The van der Waals surface area contributed by atoms with Crippen LogP contribution in [-0.4, -0.2) is 18.6 Å². The molecule has 0 heterocycles. The van der Waals surface area contributed by atoms with Gasteiger partial charge < -0.3 is 10.5 Å². The van der Waals surface area contributed by atoms with Crippen molar-refractivity contribution < 1.29 is 9.53 Å². The quantitative estimate of drug-likeness (QED) is 0.665. The minimum absolute atomic E-state index is 0.251. The first kappa shape index (κ1) is 12.9. The molecule has 84 valence electrons. The largest absolute Gasteiger partial charge is 0.449 e. The van der Waals surface area contributed by atoms with Crippen LogP contribution in [0.2, 0.25) is 0 Å². The number of halogens is 1. The lowest BCUT2D eigenvalue weighted by molar-refractivity contribution is -0.143. The standard InChI is InChI=1S/C11H11IN2O2/c12-9-3-1-8(2-4-9)7-10(14)11(15)16-6-5-13/h1-4,10H,6-7,14H2. The van der Waals surface area contributed by atoms with E-state index in [9.17, 15) is 4.79 Å². The normalized spacial score (nSPS) is 11.6. The van der Waals surface area contributed by atoms with Crippen LogP contribution in [0.4, 0.5) is 0 Å². The van der Waals surface area contributed by atoms with Gasteiger partial charge in [0, 0.05) is 3.57 Å². The average Bonchev–Trinajstić information content (AvgIpc) is 2.29. The summed E-state index contributed by atoms with van der Waals surface area (Å²) in [6.45, 7) is -0.251. The minimum atomic E-state index is -0.714. The SMILES string of the molecule is N#CCOC(=O)C(N)Cc1ccc(I)cc1. The number of esters is 1. The van der Waals surface area contributed by atoms with Crippen molar-refractivity contribution in [1.29, 1.82) is 5.26 Å². The molecule has 0 bridgehead atoms. The molecule has 16 heavy (non-hydrogen) atoms. The predicted molar refractivity (Wildman–Crippen MR) is 67.4 cm³/mol. The Balaban J connectivity index is 2.51. The summed E-state index contributed by atoms with van der Waals surface area (Å²) in [7, 11) is 0. The highest BCUT2D eigenvalue weighted by atomic mass is 127. The van der Waals surface area contributed by atoms with E-state index in [2.05, 4.69) is 27.3 Å². The topological polar surface area (TPSA) is 76.1 Å². The molecule has 1 rings (SSSR count). The van der Waals surface area contributed by atoms with Crippen LogP contribution in [-0.2, 0) is 16.0 Å². The molecule has 1 unspecified atom stereocenters. The Labute approximate surface area is 108 Å².